The minimum absolute atomic E-state index is 0.366. The first kappa shape index (κ1) is 15.5. The second-order valence-electron chi connectivity index (χ2n) is 4.10. The van der Waals surface area contributed by atoms with Crippen LogP contribution < -0.4 is 9.47 Å². The van der Waals surface area contributed by atoms with Crippen molar-refractivity contribution in [2.75, 3.05) is 19.0 Å². The maximum atomic E-state index is 6.31. The molecule has 0 aliphatic carbocycles. The molecule has 0 fully saturated rings. The molecule has 1 aromatic carbocycles. The number of rotatable bonds is 7. The van der Waals surface area contributed by atoms with E-state index in [2.05, 4.69) is 19.6 Å². The predicted octanol–water partition coefficient (Wildman–Crippen LogP) is 4.56. The third-order valence-electron chi connectivity index (χ3n) is 2.76. The third-order valence-corrected chi connectivity index (χ3v) is 3.34. The summed E-state index contributed by atoms with van der Waals surface area (Å²) in [4.78, 5) is 0. The Bertz CT molecular complexity index is 382. The van der Waals surface area contributed by atoms with Gasteiger partial charge in [0.2, 0.25) is 0 Å². The first-order chi connectivity index (χ1) is 8.63. The smallest absolute Gasteiger partial charge is 0.162 e. The Labute approximate surface area is 120 Å². The zero-order valence-electron chi connectivity index (χ0n) is 11.2. The molecule has 0 spiro atoms. The number of ether oxygens (including phenoxy) is 2. The summed E-state index contributed by atoms with van der Waals surface area (Å²) < 4.78 is 11.2. The normalized spacial score (nSPS) is 12.3. The topological polar surface area (TPSA) is 18.5 Å². The predicted molar refractivity (Wildman–Crippen MR) is 80.7 cm³/mol. The van der Waals surface area contributed by atoms with E-state index in [0.29, 0.717) is 24.9 Å². The Morgan fingerprint density at radius 2 is 1.72 bits per heavy atom. The zero-order valence-corrected chi connectivity index (χ0v) is 12.9. The third kappa shape index (κ3) is 3.99. The van der Waals surface area contributed by atoms with Gasteiger partial charge in [0.05, 0.1) is 13.2 Å². The molecule has 4 heteroatoms. The molecule has 0 saturated carbocycles. The average molecular weight is 289 g/mol. The number of hydrogen-bond donors (Lipinski definition) is 1. The van der Waals surface area contributed by atoms with Crippen molar-refractivity contribution >= 4 is 24.2 Å². The molecular formula is C14H21ClO2S. The van der Waals surface area contributed by atoms with E-state index in [9.17, 15) is 0 Å². The largest absolute Gasteiger partial charge is 0.490 e. The fourth-order valence-corrected chi connectivity index (χ4v) is 2.54. The highest BCUT2D eigenvalue weighted by Gasteiger charge is 2.15. The lowest BCUT2D eigenvalue weighted by Crippen LogP contribution is -2.02. The Morgan fingerprint density at radius 1 is 1.17 bits per heavy atom. The number of hydrogen-bond acceptors (Lipinski definition) is 3. The molecule has 0 aliphatic heterocycles. The van der Waals surface area contributed by atoms with Crippen molar-refractivity contribution < 1.29 is 9.47 Å². The molecule has 0 radical (unpaired) electrons. The molecule has 1 rings (SSSR count). The molecule has 0 N–H and O–H groups in total. The van der Waals surface area contributed by atoms with Gasteiger partial charge in [-0.3, -0.25) is 0 Å². The molecule has 0 saturated heterocycles. The van der Waals surface area contributed by atoms with Crippen LogP contribution >= 0.6 is 24.2 Å². The van der Waals surface area contributed by atoms with Gasteiger partial charge in [0.1, 0.15) is 0 Å². The van der Waals surface area contributed by atoms with E-state index in [-0.39, 0.29) is 0 Å². The highest BCUT2D eigenvalue weighted by molar-refractivity contribution is 7.80. The molecule has 0 bridgehead atoms. The Balaban J connectivity index is 3.09. The van der Waals surface area contributed by atoms with Crippen LogP contribution in [-0.4, -0.2) is 19.0 Å². The van der Waals surface area contributed by atoms with E-state index < -0.39 is 0 Å². The Hall–Kier alpha value is -0.540. The molecule has 1 aromatic rings. The molecular weight excluding hydrogens is 268 g/mol. The minimum atomic E-state index is 0.366. The van der Waals surface area contributed by atoms with Gasteiger partial charge in [-0.1, -0.05) is 18.5 Å². The van der Waals surface area contributed by atoms with Crippen molar-refractivity contribution in [2.45, 2.75) is 33.1 Å². The second-order valence-corrected chi connectivity index (χ2v) is 4.95. The van der Waals surface area contributed by atoms with Crippen molar-refractivity contribution in [1.82, 2.24) is 0 Å². The quantitative estimate of drug-likeness (QED) is 0.742. The Morgan fingerprint density at radius 3 is 2.22 bits per heavy atom. The van der Waals surface area contributed by atoms with Crippen LogP contribution in [0.15, 0.2) is 12.1 Å². The van der Waals surface area contributed by atoms with Gasteiger partial charge in [-0.05, 0) is 43.6 Å². The average Bonchev–Trinajstić information content (AvgIpc) is 2.33. The van der Waals surface area contributed by atoms with E-state index in [1.165, 1.54) is 0 Å². The van der Waals surface area contributed by atoms with Crippen LogP contribution in [0, 0.1) is 0 Å². The van der Waals surface area contributed by atoms with Crippen molar-refractivity contribution in [3.8, 4) is 11.5 Å². The summed E-state index contributed by atoms with van der Waals surface area (Å²) in [6.45, 7) is 7.26. The van der Waals surface area contributed by atoms with Crippen LogP contribution in [0.5, 0.6) is 11.5 Å². The molecule has 102 valence electrons. The maximum absolute atomic E-state index is 6.31. The van der Waals surface area contributed by atoms with Crippen LogP contribution in [0.4, 0.5) is 0 Å². The summed E-state index contributed by atoms with van der Waals surface area (Å²) in [7, 11) is 0. The molecule has 1 unspecified atom stereocenters. The first-order valence-corrected chi connectivity index (χ1v) is 7.34. The van der Waals surface area contributed by atoms with Crippen LogP contribution in [0.2, 0.25) is 5.02 Å². The molecule has 1 atom stereocenters. The van der Waals surface area contributed by atoms with E-state index in [0.717, 1.165) is 28.5 Å². The first-order valence-electron chi connectivity index (χ1n) is 6.33. The molecule has 0 amide bonds. The van der Waals surface area contributed by atoms with Gasteiger partial charge in [-0.25, -0.2) is 0 Å². The molecule has 2 nitrogen and oxygen atoms in total. The fraction of sp³-hybridized carbons (Fsp3) is 0.571. The summed E-state index contributed by atoms with van der Waals surface area (Å²) in [5.41, 5.74) is 1.10. The van der Waals surface area contributed by atoms with Crippen molar-refractivity contribution in [3.63, 3.8) is 0 Å². The van der Waals surface area contributed by atoms with Crippen molar-refractivity contribution in [1.29, 1.82) is 0 Å². The summed E-state index contributed by atoms with van der Waals surface area (Å²) in [5, 5.41) is 0.733. The summed E-state index contributed by atoms with van der Waals surface area (Å²) >= 11 is 10.6. The lowest BCUT2D eigenvalue weighted by molar-refractivity contribution is 0.287. The van der Waals surface area contributed by atoms with E-state index in [4.69, 9.17) is 21.1 Å². The van der Waals surface area contributed by atoms with E-state index in [1.54, 1.807) is 0 Å². The summed E-state index contributed by atoms with van der Waals surface area (Å²) in [5.74, 6) is 2.69. The highest BCUT2D eigenvalue weighted by atomic mass is 35.5. The van der Waals surface area contributed by atoms with Gasteiger partial charge in [-0.15, -0.1) is 0 Å². The van der Waals surface area contributed by atoms with Gasteiger partial charge in [0.15, 0.2) is 11.5 Å². The SMILES string of the molecule is CCOc1cc(Cl)c(C(C)CCS)cc1OCC. The van der Waals surface area contributed by atoms with Gasteiger partial charge in [0.25, 0.3) is 0 Å². The second kappa shape index (κ2) is 7.80. The summed E-state index contributed by atoms with van der Waals surface area (Å²) in [6.07, 6.45) is 0.988. The van der Waals surface area contributed by atoms with E-state index >= 15 is 0 Å². The molecule has 18 heavy (non-hydrogen) atoms. The minimum Gasteiger partial charge on any atom is -0.490 e. The maximum Gasteiger partial charge on any atom is 0.162 e. The van der Waals surface area contributed by atoms with Crippen LogP contribution in [0.3, 0.4) is 0 Å². The lowest BCUT2D eigenvalue weighted by atomic mass is 9.98. The Kier molecular flexibility index (Phi) is 6.72. The van der Waals surface area contributed by atoms with Crippen molar-refractivity contribution in [3.05, 3.63) is 22.7 Å². The number of thiol groups is 1. The highest BCUT2D eigenvalue weighted by Crippen LogP contribution is 2.37. The lowest BCUT2D eigenvalue weighted by Gasteiger charge is -2.17. The van der Waals surface area contributed by atoms with Gasteiger partial charge in [0, 0.05) is 11.1 Å². The molecule has 0 aliphatic rings. The van der Waals surface area contributed by atoms with Gasteiger partial charge in [-0.2, -0.15) is 12.6 Å². The molecule has 0 heterocycles. The monoisotopic (exact) mass is 288 g/mol. The van der Waals surface area contributed by atoms with Gasteiger partial charge < -0.3 is 9.47 Å². The van der Waals surface area contributed by atoms with Gasteiger partial charge >= 0.3 is 0 Å². The van der Waals surface area contributed by atoms with Crippen molar-refractivity contribution in [2.24, 2.45) is 0 Å². The fourth-order valence-electron chi connectivity index (χ4n) is 1.81. The zero-order chi connectivity index (χ0) is 13.5. The molecule has 0 aromatic heterocycles. The van der Waals surface area contributed by atoms with Crippen LogP contribution in [-0.2, 0) is 0 Å². The van der Waals surface area contributed by atoms with Crippen LogP contribution in [0.25, 0.3) is 0 Å². The number of halogens is 1. The number of benzene rings is 1. The summed E-state index contributed by atoms with van der Waals surface area (Å²) in [6, 6.07) is 3.84. The van der Waals surface area contributed by atoms with E-state index in [1.807, 2.05) is 26.0 Å². The standard InChI is InChI=1S/C14H21ClO2S/c1-4-16-13-8-11(10(3)6-7-18)12(15)9-14(13)17-5-2/h8-10,18H,4-7H2,1-3H3. The van der Waals surface area contributed by atoms with Crippen LogP contribution in [0.1, 0.15) is 38.7 Å².